The fraction of sp³-hybridized carbons (Fsp3) is 0.533. The summed E-state index contributed by atoms with van der Waals surface area (Å²) in [7, 11) is 1.59. The topological polar surface area (TPSA) is 38.3 Å². The molecule has 2 rings (SSSR count). The fourth-order valence-corrected chi connectivity index (χ4v) is 2.88. The van der Waals surface area contributed by atoms with Crippen molar-refractivity contribution in [1.82, 2.24) is 5.32 Å². The average molecular weight is 326 g/mol. The van der Waals surface area contributed by atoms with Crippen molar-refractivity contribution in [3.05, 3.63) is 28.2 Å². The molecular formula is C15H20BrNO2. The first-order valence-corrected chi connectivity index (χ1v) is 7.64. The number of carbonyl (C=O) groups excluding carboxylic acids is 1. The highest BCUT2D eigenvalue weighted by atomic mass is 79.9. The van der Waals surface area contributed by atoms with Crippen LogP contribution in [0.3, 0.4) is 0 Å². The van der Waals surface area contributed by atoms with E-state index in [1.165, 1.54) is 25.7 Å². The molecule has 0 unspecified atom stereocenters. The number of rotatable bonds is 3. The average Bonchev–Trinajstić information content (AvgIpc) is 2.67. The van der Waals surface area contributed by atoms with Crippen LogP contribution in [0.1, 0.15) is 48.9 Å². The summed E-state index contributed by atoms with van der Waals surface area (Å²) in [5, 5.41) is 3.14. The number of benzene rings is 1. The minimum Gasteiger partial charge on any atom is -0.496 e. The van der Waals surface area contributed by atoms with Gasteiger partial charge in [-0.15, -0.1) is 0 Å². The van der Waals surface area contributed by atoms with Crippen LogP contribution in [0.4, 0.5) is 0 Å². The Morgan fingerprint density at radius 1 is 1.26 bits per heavy atom. The molecule has 0 aliphatic heterocycles. The van der Waals surface area contributed by atoms with Gasteiger partial charge in [-0.1, -0.05) is 41.6 Å². The van der Waals surface area contributed by atoms with Crippen molar-refractivity contribution in [3.8, 4) is 5.75 Å². The van der Waals surface area contributed by atoms with Crippen molar-refractivity contribution in [2.75, 3.05) is 7.11 Å². The van der Waals surface area contributed by atoms with Crippen LogP contribution in [-0.2, 0) is 0 Å². The molecule has 0 atom stereocenters. The zero-order valence-corrected chi connectivity index (χ0v) is 12.8. The molecule has 0 aromatic heterocycles. The maximum Gasteiger partial charge on any atom is 0.255 e. The number of nitrogens with one attached hydrogen (secondary N) is 1. The largest absolute Gasteiger partial charge is 0.496 e. The molecule has 1 N–H and O–H groups in total. The minimum atomic E-state index is -0.0312. The number of amides is 1. The van der Waals surface area contributed by atoms with Crippen molar-refractivity contribution in [2.24, 2.45) is 0 Å². The van der Waals surface area contributed by atoms with E-state index in [1.54, 1.807) is 13.2 Å². The van der Waals surface area contributed by atoms with Crippen LogP contribution < -0.4 is 10.1 Å². The summed E-state index contributed by atoms with van der Waals surface area (Å²) in [5.74, 6) is 0.580. The number of carbonyl (C=O) groups is 1. The summed E-state index contributed by atoms with van der Waals surface area (Å²) in [4.78, 5) is 12.3. The molecule has 104 valence electrons. The van der Waals surface area contributed by atoms with Crippen LogP contribution in [0, 0.1) is 0 Å². The second-order valence-corrected chi connectivity index (χ2v) is 5.92. The van der Waals surface area contributed by atoms with Crippen LogP contribution in [0.15, 0.2) is 22.7 Å². The molecule has 1 aromatic rings. The van der Waals surface area contributed by atoms with Crippen molar-refractivity contribution in [2.45, 2.75) is 44.6 Å². The number of methoxy groups -OCH3 is 1. The predicted molar refractivity (Wildman–Crippen MR) is 79.7 cm³/mol. The van der Waals surface area contributed by atoms with Gasteiger partial charge in [-0.2, -0.15) is 0 Å². The molecule has 1 fully saturated rings. The van der Waals surface area contributed by atoms with Gasteiger partial charge in [0.1, 0.15) is 5.75 Å². The van der Waals surface area contributed by atoms with Crippen LogP contribution in [0.2, 0.25) is 0 Å². The SMILES string of the molecule is COc1cc(Br)ccc1C(=O)NC1CCCCCC1. The van der Waals surface area contributed by atoms with Crippen LogP contribution >= 0.6 is 15.9 Å². The summed E-state index contributed by atoms with van der Waals surface area (Å²) in [6, 6.07) is 5.80. The number of halogens is 1. The lowest BCUT2D eigenvalue weighted by molar-refractivity contribution is 0.0930. The Labute approximate surface area is 122 Å². The molecule has 1 saturated carbocycles. The number of hydrogen-bond donors (Lipinski definition) is 1. The summed E-state index contributed by atoms with van der Waals surface area (Å²) in [6.07, 6.45) is 7.17. The number of hydrogen-bond acceptors (Lipinski definition) is 2. The first-order valence-electron chi connectivity index (χ1n) is 6.85. The van der Waals surface area contributed by atoms with Crippen molar-refractivity contribution in [3.63, 3.8) is 0 Å². The van der Waals surface area contributed by atoms with Gasteiger partial charge in [0.2, 0.25) is 0 Å². The molecule has 0 bridgehead atoms. The third-order valence-electron chi connectivity index (χ3n) is 3.60. The smallest absolute Gasteiger partial charge is 0.255 e. The Bertz CT molecular complexity index is 440. The molecule has 0 saturated heterocycles. The summed E-state index contributed by atoms with van der Waals surface area (Å²) in [5.41, 5.74) is 0.606. The maximum atomic E-state index is 12.3. The second-order valence-electron chi connectivity index (χ2n) is 5.01. The van der Waals surface area contributed by atoms with Gasteiger partial charge in [-0.25, -0.2) is 0 Å². The Morgan fingerprint density at radius 3 is 2.58 bits per heavy atom. The molecule has 19 heavy (non-hydrogen) atoms. The van der Waals surface area contributed by atoms with E-state index in [0.717, 1.165) is 17.3 Å². The molecule has 0 radical (unpaired) electrons. The Balaban J connectivity index is 2.06. The molecule has 3 nitrogen and oxygen atoms in total. The highest BCUT2D eigenvalue weighted by Crippen LogP contribution is 2.24. The van der Waals surface area contributed by atoms with Crippen molar-refractivity contribution >= 4 is 21.8 Å². The summed E-state index contributed by atoms with van der Waals surface area (Å²) < 4.78 is 6.18. The maximum absolute atomic E-state index is 12.3. The first kappa shape index (κ1) is 14.4. The Morgan fingerprint density at radius 2 is 1.95 bits per heavy atom. The molecule has 0 spiro atoms. The monoisotopic (exact) mass is 325 g/mol. The quantitative estimate of drug-likeness (QED) is 0.855. The first-order chi connectivity index (χ1) is 9.20. The molecule has 1 aromatic carbocycles. The molecule has 1 aliphatic rings. The van der Waals surface area contributed by atoms with E-state index in [0.29, 0.717) is 17.4 Å². The Kier molecular flexibility index (Phi) is 5.25. The fourth-order valence-electron chi connectivity index (χ4n) is 2.54. The van der Waals surface area contributed by atoms with E-state index >= 15 is 0 Å². The van der Waals surface area contributed by atoms with Gasteiger partial charge in [0, 0.05) is 10.5 Å². The van der Waals surface area contributed by atoms with Gasteiger partial charge in [-0.05, 0) is 31.0 Å². The normalized spacial score (nSPS) is 16.7. The predicted octanol–water partition coefficient (Wildman–Crippen LogP) is 3.91. The summed E-state index contributed by atoms with van der Waals surface area (Å²) >= 11 is 3.38. The van der Waals surface area contributed by atoms with E-state index in [4.69, 9.17) is 4.74 Å². The standard InChI is InChI=1S/C15H20BrNO2/c1-19-14-10-11(16)8-9-13(14)15(18)17-12-6-4-2-3-5-7-12/h8-10,12H,2-7H2,1H3,(H,17,18). The van der Waals surface area contributed by atoms with Gasteiger partial charge in [-0.3, -0.25) is 4.79 Å². The zero-order chi connectivity index (χ0) is 13.7. The van der Waals surface area contributed by atoms with Gasteiger partial charge >= 0.3 is 0 Å². The molecule has 1 aliphatic carbocycles. The van der Waals surface area contributed by atoms with Gasteiger partial charge in [0.15, 0.2) is 0 Å². The van der Waals surface area contributed by atoms with Gasteiger partial charge in [0.25, 0.3) is 5.91 Å². The van der Waals surface area contributed by atoms with Crippen LogP contribution in [0.25, 0.3) is 0 Å². The van der Waals surface area contributed by atoms with Gasteiger partial charge in [0.05, 0.1) is 12.7 Å². The van der Waals surface area contributed by atoms with Crippen molar-refractivity contribution < 1.29 is 9.53 Å². The lowest BCUT2D eigenvalue weighted by Gasteiger charge is -2.17. The Hall–Kier alpha value is -1.03. The zero-order valence-electron chi connectivity index (χ0n) is 11.2. The third kappa shape index (κ3) is 3.96. The third-order valence-corrected chi connectivity index (χ3v) is 4.09. The molecule has 0 heterocycles. The van der Waals surface area contributed by atoms with E-state index < -0.39 is 0 Å². The van der Waals surface area contributed by atoms with Crippen LogP contribution in [0.5, 0.6) is 5.75 Å². The van der Waals surface area contributed by atoms with E-state index in [-0.39, 0.29) is 5.91 Å². The second kappa shape index (κ2) is 6.94. The van der Waals surface area contributed by atoms with Crippen molar-refractivity contribution in [1.29, 1.82) is 0 Å². The lowest BCUT2D eigenvalue weighted by atomic mass is 10.1. The molecule has 1 amide bonds. The van der Waals surface area contributed by atoms with E-state index in [2.05, 4.69) is 21.2 Å². The molecule has 4 heteroatoms. The van der Waals surface area contributed by atoms with Crippen LogP contribution in [-0.4, -0.2) is 19.1 Å². The molecular weight excluding hydrogens is 306 g/mol. The lowest BCUT2D eigenvalue weighted by Crippen LogP contribution is -2.34. The van der Waals surface area contributed by atoms with E-state index in [9.17, 15) is 4.79 Å². The highest BCUT2D eigenvalue weighted by Gasteiger charge is 2.18. The van der Waals surface area contributed by atoms with Gasteiger partial charge < -0.3 is 10.1 Å². The highest BCUT2D eigenvalue weighted by molar-refractivity contribution is 9.10. The minimum absolute atomic E-state index is 0.0312. The summed E-state index contributed by atoms with van der Waals surface area (Å²) in [6.45, 7) is 0. The number of ether oxygens (including phenoxy) is 1. The van der Waals surface area contributed by atoms with E-state index in [1.807, 2.05) is 12.1 Å².